The number of fused-ring (bicyclic) bond motifs is 3. The smallest absolute Gasteiger partial charge is 0.246 e. The van der Waals surface area contributed by atoms with Crippen LogP contribution in [0.5, 0.6) is 0 Å². The second kappa shape index (κ2) is 9.40. The molecule has 1 aromatic heterocycles. The zero-order chi connectivity index (χ0) is 22.8. The molecular weight excluding hydrogens is 412 g/mol. The fourth-order valence-corrected chi connectivity index (χ4v) is 5.17. The first-order chi connectivity index (χ1) is 16.1. The minimum absolute atomic E-state index is 0.0385. The van der Waals surface area contributed by atoms with Crippen LogP contribution in [-0.2, 0) is 16.1 Å². The molecule has 3 heterocycles. The van der Waals surface area contributed by atoms with Crippen LogP contribution >= 0.6 is 0 Å². The first kappa shape index (κ1) is 21.7. The van der Waals surface area contributed by atoms with Crippen LogP contribution < -0.4 is 0 Å². The number of aromatic nitrogens is 1. The van der Waals surface area contributed by atoms with Crippen molar-refractivity contribution in [2.45, 2.75) is 26.3 Å². The number of hydrogen-bond donors (Lipinski definition) is 0. The second-order valence-corrected chi connectivity index (χ2v) is 9.06. The number of carbonyl (C=O) groups excluding carboxylic acids is 2. The zero-order valence-electron chi connectivity index (χ0n) is 19.4. The summed E-state index contributed by atoms with van der Waals surface area (Å²) in [5.41, 5.74) is 3.50. The van der Waals surface area contributed by atoms with Crippen molar-refractivity contribution >= 4 is 39.7 Å². The molecule has 0 bridgehead atoms. The van der Waals surface area contributed by atoms with Crippen molar-refractivity contribution in [3.63, 3.8) is 0 Å². The van der Waals surface area contributed by atoms with Crippen molar-refractivity contribution in [3.05, 3.63) is 54.1 Å². The van der Waals surface area contributed by atoms with Crippen LogP contribution in [0, 0.1) is 0 Å². The SMILES string of the molecule is CCn1c2ccccc2c2cc(/C=C/C(=O)N3CCN(CC(=O)N4CCCC4)CC3)ccc21. The third-order valence-corrected chi connectivity index (χ3v) is 7.03. The van der Waals surface area contributed by atoms with Gasteiger partial charge < -0.3 is 14.4 Å². The van der Waals surface area contributed by atoms with Gasteiger partial charge in [0, 0.05) is 73.7 Å². The fraction of sp³-hybridized carbons (Fsp3) is 0.407. The third kappa shape index (κ3) is 4.40. The number of aryl methyl sites for hydroxylation is 1. The lowest BCUT2D eigenvalue weighted by Gasteiger charge is -2.34. The summed E-state index contributed by atoms with van der Waals surface area (Å²) in [5.74, 6) is 0.267. The number of benzene rings is 2. The van der Waals surface area contributed by atoms with E-state index in [1.807, 2.05) is 15.9 Å². The summed E-state index contributed by atoms with van der Waals surface area (Å²) in [6.45, 7) is 8.19. The van der Waals surface area contributed by atoms with E-state index in [-0.39, 0.29) is 11.8 Å². The van der Waals surface area contributed by atoms with Gasteiger partial charge in [-0.1, -0.05) is 24.3 Å². The van der Waals surface area contributed by atoms with Crippen LogP contribution in [-0.4, -0.2) is 76.9 Å². The summed E-state index contributed by atoms with van der Waals surface area (Å²) >= 11 is 0. The largest absolute Gasteiger partial charge is 0.342 e. The molecule has 5 rings (SSSR count). The van der Waals surface area contributed by atoms with Gasteiger partial charge in [-0.2, -0.15) is 0 Å². The zero-order valence-corrected chi connectivity index (χ0v) is 19.4. The van der Waals surface area contributed by atoms with Gasteiger partial charge in [0.25, 0.3) is 0 Å². The van der Waals surface area contributed by atoms with E-state index in [0.717, 1.165) is 51.1 Å². The van der Waals surface area contributed by atoms with E-state index in [4.69, 9.17) is 0 Å². The molecule has 0 spiro atoms. The second-order valence-electron chi connectivity index (χ2n) is 9.06. The van der Waals surface area contributed by atoms with Crippen molar-refractivity contribution in [2.75, 3.05) is 45.8 Å². The standard InChI is InChI=1S/C27H32N4O2/c1-2-31-24-8-4-3-7-22(24)23-19-21(9-11-25(23)31)10-12-26(32)30-17-15-28(16-18-30)20-27(33)29-13-5-6-14-29/h3-4,7-12,19H,2,5-6,13-18,20H2,1H3/b12-10+. The molecule has 0 N–H and O–H groups in total. The van der Waals surface area contributed by atoms with Crippen molar-refractivity contribution in [3.8, 4) is 0 Å². The lowest BCUT2D eigenvalue weighted by molar-refractivity contribution is -0.132. The summed E-state index contributed by atoms with van der Waals surface area (Å²) in [6, 6.07) is 14.9. The Balaban J connectivity index is 1.22. The maximum Gasteiger partial charge on any atom is 0.246 e. The minimum atomic E-state index is 0.0385. The topological polar surface area (TPSA) is 48.8 Å². The molecule has 0 saturated carbocycles. The summed E-state index contributed by atoms with van der Waals surface area (Å²) in [6.07, 6.45) is 5.84. The average molecular weight is 445 g/mol. The first-order valence-electron chi connectivity index (χ1n) is 12.1. The number of hydrogen-bond acceptors (Lipinski definition) is 3. The van der Waals surface area contributed by atoms with Crippen molar-refractivity contribution < 1.29 is 9.59 Å². The number of nitrogens with zero attached hydrogens (tertiary/aromatic N) is 4. The van der Waals surface area contributed by atoms with E-state index in [0.29, 0.717) is 19.6 Å². The highest BCUT2D eigenvalue weighted by Crippen LogP contribution is 2.30. The van der Waals surface area contributed by atoms with Crippen molar-refractivity contribution in [1.29, 1.82) is 0 Å². The lowest BCUT2D eigenvalue weighted by Crippen LogP contribution is -2.51. The van der Waals surface area contributed by atoms with Gasteiger partial charge in [0.05, 0.1) is 6.54 Å². The van der Waals surface area contributed by atoms with Gasteiger partial charge in [0.15, 0.2) is 0 Å². The molecule has 6 heteroatoms. The summed E-state index contributed by atoms with van der Waals surface area (Å²) in [7, 11) is 0. The van der Waals surface area contributed by atoms with Crippen LogP contribution in [0.4, 0.5) is 0 Å². The van der Waals surface area contributed by atoms with Gasteiger partial charge in [-0.25, -0.2) is 0 Å². The molecule has 0 atom stereocenters. The number of carbonyl (C=O) groups is 2. The van der Waals surface area contributed by atoms with E-state index in [1.165, 1.54) is 21.8 Å². The maximum absolute atomic E-state index is 12.8. The van der Waals surface area contributed by atoms with Gasteiger partial charge in [-0.15, -0.1) is 0 Å². The Bertz CT molecular complexity index is 1200. The molecule has 6 nitrogen and oxygen atoms in total. The maximum atomic E-state index is 12.8. The number of amides is 2. The van der Waals surface area contributed by atoms with Crippen LogP contribution in [0.3, 0.4) is 0 Å². The fourth-order valence-electron chi connectivity index (χ4n) is 5.17. The highest BCUT2D eigenvalue weighted by atomic mass is 16.2. The Kier molecular flexibility index (Phi) is 6.18. The molecule has 172 valence electrons. The minimum Gasteiger partial charge on any atom is -0.342 e. The Morgan fingerprint density at radius 1 is 0.848 bits per heavy atom. The highest BCUT2D eigenvalue weighted by molar-refractivity contribution is 6.08. The first-order valence-corrected chi connectivity index (χ1v) is 12.1. The van der Waals surface area contributed by atoms with Crippen LogP contribution in [0.15, 0.2) is 48.5 Å². The Morgan fingerprint density at radius 2 is 1.58 bits per heavy atom. The van der Waals surface area contributed by atoms with Gasteiger partial charge in [0.2, 0.25) is 11.8 Å². The number of rotatable bonds is 5. The van der Waals surface area contributed by atoms with E-state index < -0.39 is 0 Å². The third-order valence-electron chi connectivity index (χ3n) is 7.03. The molecular formula is C27H32N4O2. The number of para-hydroxylation sites is 1. The van der Waals surface area contributed by atoms with Gasteiger partial charge >= 0.3 is 0 Å². The Labute approximate surface area is 195 Å². The van der Waals surface area contributed by atoms with E-state index in [1.54, 1.807) is 6.08 Å². The van der Waals surface area contributed by atoms with Crippen molar-refractivity contribution in [1.82, 2.24) is 19.3 Å². The monoisotopic (exact) mass is 444 g/mol. The summed E-state index contributed by atoms with van der Waals surface area (Å²) in [4.78, 5) is 31.2. The normalized spacial score (nSPS) is 17.6. The quantitative estimate of drug-likeness (QED) is 0.565. The predicted molar refractivity (Wildman–Crippen MR) is 133 cm³/mol. The lowest BCUT2D eigenvalue weighted by atomic mass is 10.1. The molecule has 2 aromatic carbocycles. The van der Waals surface area contributed by atoms with E-state index in [9.17, 15) is 9.59 Å². The molecule has 0 unspecified atom stereocenters. The molecule has 3 aromatic rings. The molecule has 2 aliphatic heterocycles. The average Bonchev–Trinajstić information content (AvgIpc) is 3.49. The van der Waals surface area contributed by atoms with Crippen LogP contribution in [0.2, 0.25) is 0 Å². The summed E-state index contributed by atoms with van der Waals surface area (Å²) in [5, 5.41) is 2.47. The molecule has 0 radical (unpaired) electrons. The molecule has 2 fully saturated rings. The van der Waals surface area contributed by atoms with Gasteiger partial charge in [-0.3, -0.25) is 14.5 Å². The Hall–Kier alpha value is -3.12. The van der Waals surface area contributed by atoms with E-state index >= 15 is 0 Å². The molecule has 2 aliphatic rings. The van der Waals surface area contributed by atoms with Gasteiger partial charge in [0.1, 0.15) is 0 Å². The van der Waals surface area contributed by atoms with Crippen LogP contribution in [0.1, 0.15) is 25.3 Å². The molecule has 0 aliphatic carbocycles. The van der Waals surface area contributed by atoms with Gasteiger partial charge in [-0.05, 0) is 49.6 Å². The number of piperazine rings is 1. The van der Waals surface area contributed by atoms with Crippen molar-refractivity contribution in [2.24, 2.45) is 0 Å². The molecule has 2 saturated heterocycles. The van der Waals surface area contributed by atoms with Crippen LogP contribution in [0.25, 0.3) is 27.9 Å². The molecule has 2 amide bonds. The van der Waals surface area contributed by atoms with E-state index in [2.05, 4.69) is 58.9 Å². The highest BCUT2D eigenvalue weighted by Gasteiger charge is 2.24. The Morgan fingerprint density at radius 3 is 2.33 bits per heavy atom. The predicted octanol–water partition coefficient (Wildman–Crippen LogP) is 3.59. The molecule has 33 heavy (non-hydrogen) atoms. The summed E-state index contributed by atoms with van der Waals surface area (Å²) < 4.78 is 2.33. The number of likely N-dealkylation sites (tertiary alicyclic amines) is 1.